The van der Waals surface area contributed by atoms with Crippen molar-refractivity contribution in [2.75, 3.05) is 6.54 Å². The van der Waals surface area contributed by atoms with Crippen molar-refractivity contribution in [2.24, 2.45) is 0 Å². The van der Waals surface area contributed by atoms with Gasteiger partial charge in [0.1, 0.15) is 5.82 Å². The molecule has 4 nitrogen and oxygen atoms in total. The monoisotopic (exact) mass is 356 g/mol. The second kappa shape index (κ2) is 7.96. The van der Waals surface area contributed by atoms with Crippen LogP contribution in [0.3, 0.4) is 0 Å². The molecular weight excluding hydrogens is 340 g/mol. The van der Waals surface area contributed by atoms with Gasteiger partial charge in [0.2, 0.25) is 5.56 Å². The zero-order valence-electron chi connectivity index (χ0n) is 13.1. The van der Waals surface area contributed by atoms with Crippen molar-refractivity contribution >= 4 is 5.91 Å². The lowest BCUT2D eigenvalue weighted by Crippen LogP contribution is -2.25. The van der Waals surface area contributed by atoms with E-state index in [9.17, 15) is 27.2 Å². The summed E-state index contributed by atoms with van der Waals surface area (Å²) in [5, 5.41) is 2.48. The number of nitrogens with zero attached hydrogens (tertiary/aromatic N) is 1. The Hall–Kier alpha value is -2.64. The predicted molar refractivity (Wildman–Crippen MR) is 83.7 cm³/mol. The van der Waals surface area contributed by atoms with Gasteiger partial charge < -0.3 is 9.88 Å². The first kappa shape index (κ1) is 18.7. The Bertz CT molecular complexity index is 800. The van der Waals surface area contributed by atoms with Crippen molar-refractivity contribution in [1.82, 2.24) is 9.88 Å². The maximum Gasteiger partial charge on any atom is 0.419 e. The van der Waals surface area contributed by atoms with Gasteiger partial charge in [-0.1, -0.05) is 6.07 Å². The van der Waals surface area contributed by atoms with E-state index in [1.54, 1.807) is 18.3 Å². The lowest BCUT2D eigenvalue weighted by molar-refractivity contribution is -0.140. The summed E-state index contributed by atoms with van der Waals surface area (Å²) in [6.07, 6.45) is -2.05. The molecule has 1 amide bonds. The Morgan fingerprint density at radius 3 is 2.56 bits per heavy atom. The number of carbonyl (C=O) groups is 1. The molecule has 8 heteroatoms. The van der Waals surface area contributed by atoms with Crippen LogP contribution in [-0.2, 0) is 12.7 Å². The van der Waals surface area contributed by atoms with E-state index in [1.165, 1.54) is 10.6 Å². The Balaban J connectivity index is 1.85. The van der Waals surface area contributed by atoms with Crippen molar-refractivity contribution in [3.8, 4) is 0 Å². The molecule has 0 radical (unpaired) electrons. The highest BCUT2D eigenvalue weighted by Crippen LogP contribution is 2.31. The largest absolute Gasteiger partial charge is 0.419 e. The van der Waals surface area contributed by atoms with E-state index in [4.69, 9.17) is 0 Å². The second-order valence-electron chi connectivity index (χ2n) is 5.39. The van der Waals surface area contributed by atoms with Crippen LogP contribution in [0.25, 0.3) is 0 Å². The number of nitrogens with one attached hydrogen (secondary N) is 1. The molecule has 0 saturated heterocycles. The SMILES string of the molecule is O=C(NCCCCn1ccccc1=O)c1ccc(F)c(C(F)(F)F)c1. The Morgan fingerprint density at radius 2 is 1.88 bits per heavy atom. The Labute approximate surface area is 141 Å². The lowest BCUT2D eigenvalue weighted by atomic mass is 10.1. The van der Waals surface area contributed by atoms with Gasteiger partial charge in [-0.05, 0) is 37.1 Å². The maximum absolute atomic E-state index is 13.2. The number of carbonyl (C=O) groups excluding carboxylic acids is 1. The normalized spacial score (nSPS) is 11.4. The average Bonchev–Trinajstić information content (AvgIpc) is 2.55. The topological polar surface area (TPSA) is 51.1 Å². The molecule has 2 rings (SSSR count). The van der Waals surface area contributed by atoms with Crippen molar-refractivity contribution in [3.05, 3.63) is 69.9 Å². The van der Waals surface area contributed by atoms with Gasteiger partial charge in [-0.3, -0.25) is 9.59 Å². The standard InChI is InChI=1S/C17H16F4N2O2/c18-14-7-6-12(11-13(14)17(19,20)21)16(25)22-8-2-4-10-23-9-3-1-5-15(23)24/h1,3,5-7,9,11H,2,4,8,10H2,(H,22,25). The third kappa shape index (κ3) is 5.17. The highest BCUT2D eigenvalue weighted by molar-refractivity contribution is 5.94. The van der Waals surface area contributed by atoms with Gasteiger partial charge in [0.05, 0.1) is 5.56 Å². The van der Waals surface area contributed by atoms with Crippen molar-refractivity contribution in [1.29, 1.82) is 0 Å². The number of pyridine rings is 1. The van der Waals surface area contributed by atoms with E-state index in [0.29, 0.717) is 31.5 Å². The molecule has 1 aromatic carbocycles. The van der Waals surface area contributed by atoms with Crippen LogP contribution >= 0.6 is 0 Å². The summed E-state index contributed by atoms with van der Waals surface area (Å²) in [7, 11) is 0. The number of amides is 1. The minimum absolute atomic E-state index is 0.127. The molecule has 0 fully saturated rings. The minimum Gasteiger partial charge on any atom is -0.352 e. The summed E-state index contributed by atoms with van der Waals surface area (Å²) >= 11 is 0. The molecule has 1 heterocycles. The van der Waals surface area contributed by atoms with Gasteiger partial charge in [0, 0.05) is 30.9 Å². The van der Waals surface area contributed by atoms with Gasteiger partial charge in [-0.25, -0.2) is 4.39 Å². The molecule has 0 aliphatic heterocycles. The number of aryl methyl sites for hydroxylation is 1. The van der Waals surface area contributed by atoms with Gasteiger partial charge in [-0.15, -0.1) is 0 Å². The summed E-state index contributed by atoms with van der Waals surface area (Å²) in [4.78, 5) is 23.4. The number of benzene rings is 1. The van der Waals surface area contributed by atoms with E-state index in [0.717, 1.165) is 6.07 Å². The summed E-state index contributed by atoms with van der Waals surface area (Å²) in [6.45, 7) is 0.712. The number of hydrogen-bond acceptors (Lipinski definition) is 2. The van der Waals surface area contributed by atoms with Crippen LogP contribution in [-0.4, -0.2) is 17.0 Å². The zero-order chi connectivity index (χ0) is 18.4. The number of alkyl halides is 3. The first-order valence-corrected chi connectivity index (χ1v) is 7.59. The van der Waals surface area contributed by atoms with Gasteiger partial charge in [0.15, 0.2) is 0 Å². The van der Waals surface area contributed by atoms with Gasteiger partial charge in [-0.2, -0.15) is 13.2 Å². The van der Waals surface area contributed by atoms with Crippen molar-refractivity contribution in [3.63, 3.8) is 0 Å². The molecule has 0 spiro atoms. The van der Waals surface area contributed by atoms with Crippen LogP contribution in [0.4, 0.5) is 17.6 Å². The molecule has 0 saturated carbocycles. The lowest BCUT2D eigenvalue weighted by Gasteiger charge is -2.10. The molecule has 2 aromatic rings. The number of unbranched alkanes of at least 4 members (excludes halogenated alkanes) is 1. The van der Waals surface area contributed by atoms with E-state index in [-0.39, 0.29) is 17.7 Å². The van der Waals surface area contributed by atoms with Crippen molar-refractivity contribution in [2.45, 2.75) is 25.6 Å². The quantitative estimate of drug-likeness (QED) is 0.638. The van der Waals surface area contributed by atoms with E-state index in [1.807, 2.05) is 0 Å². The molecule has 0 aliphatic carbocycles. The fourth-order valence-electron chi connectivity index (χ4n) is 2.24. The summed E-state index contributed by atoms with van der Waals surface area (Å²) in [5.74, 6) is -2.13. The average molecular weight is 356 g/mol. The van der Waals surface area contributed by atoms with Gasteiger partial charge >= 0.3 is 6.18 Å². The Morgan fingerprint density at radius 1 is 1.12 bits per heavy atom. The first-order valence-electron chi connectivity index (χ1n) is 7.59. The smallest absolute Gasteiger partial charge is 0.352 e. The van der Waals surface area contributed by atoms with Gasteiger partial charge in [0.25, 0.3) is 5.91 Å². The third-order valence-electron chi connectivity index (χ3n) is 3.54. The molecule has 0 atom stereocenters. The fraction of sp³-hybridized carbons (Fsp3) is 0.294. The zero-order valence-corrected chi connectivity index (χ0v) is 13.1. The number of rotatable bonds is 6. The van der Waals surface area contributed by atoms with Crippen LogP contribution in [0.1, 0.15) is 28.8 Å². The van der Waals surface area contributed by atoms with Crippen LogP contribution in [0.2, 0.25) is 0 Å². The molecule has 0 bridgehead atoms. The molecular formula is C17H16F4N2O2. The summed E-state index contributed by atoms with van der Waals surface area (Å²) in [6, 6.07) is 6.93. The molecule has 1 N–H and O–H groups in total. The van der Waals surface area contributed by atoms with E-state index < -0.39 is 23.5 Å². The van der Waals surface area contributed by atoms with E-state index in [2.05, 4.69) is 5.32 Å². The van der Waals surface area contributed by atoms with Crippen molar-refractivity contribution < 1.29 is 22.4 Å². The molecule has 134 valence electrons. The van der Waals surface area contributed by atoms with Crippen LogP contribution < -0.4 is 10.9 Å². The van der Waals surface area contributed by atoms with Crippen LogP contribution in [0.15, 0.2) is 47.4 Å². The predicted octanol–water partition coefficient (Wildman–Crippen LogP) is 3.22. The number of halogens is 4. The highest BCUT2D eigenvalue weighted by atomic mass is 19.4. The molecule has 1 aromatic heterocycles. The van der Waals surface area contributed by atoms with E-state index >= 15 is 0 Å². The highest BCUT2D eigenvalue weighted by Gasteiger charge is 2.34. The second-order valence-corrected chi connectivity index (χ2v) is 5.39. The molecule has 25 heavy (non-hydrogen) atoms. The number of hydrogen-bond donors (Lipinski definition) is 1. The molecule has 0 aliphatic rings. The third-order valence-corrected chi connectivity index (χ3v) is 3.54. The number of aromatic nitrogens is 1. The first-order chi connectivity index (χ1) is 11.8. The minimum atomic E-state index is -4.86. The van der Waals surface area contributed by atoms with Crippen LogP contribution in [0, 0.1) is 5.82 Å². The summed E-state index contributed by atoms with van der Waals surface area (Å²) < 4.78 is 52.6. The molecule has 0 unspecified atom stereocenters. The Kier molecular flexibility index (Phi) is 5.95. The fourth-order valence-corrected chi connectivity index (χ4v) is 2.24. The summed E-state index contributed by atoms with van der Waals surface area (Å²) in [5.41, 5.74) is -1.85. The van der Waals surface area contributed by atoms with Crippen LogP contribution in [0.5, 0.6) is 0 Å². The maximum atomic E-state index is 13.2.